The van der Waals surface area contributed by atoms with Crippen LogP contribution in [0.2, 0.25) is 0 Å². The Labute approximate surface area is 213 Å². The van der Waals surface area contributed by atoms with Crippen LogP contribution in [0.5, 0.6) is 5.75 Å². The van der Waals surface area contributed by atoms with Crippen molar-refractivity contribution in [2.45, 2.75) is 19.0 Å². The van der Waals surface area contributed by atoms with Gasteiger partial charge in [-0.15, -0.1) is 0 Å². The highest BCUT2D eigenvalue weighted by molar-refractivity contribution is 5.97. The molecule has 1 aromatic heterocycles. The van der Waals surface area contributed by atoms with Crippen LogP contribution in [0.3, 0.4) is 0 Å². The van der Waals surface area contributed by atoms with Gasteiger partial charge in [0.2, 0.25) is 5.43 Å². The Morgan fingerprint density at radius 3 is 2.46 bits per heavy atom. The molecule has 1 unspecified atom stereocenters. The zero-order chi connectivity index (χ0) is 26.1. The number of pyridine rings is 1. The largest absolute Gasteiger partial charge is 0.492 e. The lowest BCUT2D eigenvalue weighted by molar-refractivity contribution is 0.0695. The van der Waals surface area contributed by atoms with Crippen LogP contribution in [-0.2, 0) is 6.54 Å². The molecule has 1 atom stereocenters. The maximum Gasteiger partial charge on any atom is 0.341 e. The molecule has 190 valence electrons. The average Bonchev–Trinajstić information content (AvgIpc) is 3.39. The topological polar surface area (TPSA) is 83.8 Å². The van der Waals surface area contributed by atoms with E-state index >= 15 is 4.39 Å². The highest BCUT2D eigenvalue weighted by atomic mass is 19.1. The molecule has 3 aromatic carbocycles. The van der Waals surface area contributed by atoms with Crippen LogP contribution >= 0.6 is 0 Å². The molecule has 8 heteroatoms. The summed E-state index contributed by atoms with van der Waals surface area (Å²) in [5, 5.41) is 12.9. The zero-order valence-corrected chi connectivity index (χ0v) is 20.7. The number of hydrogen-bond donors (Lipinski definition) is 2. The number of halogens is 1. The first-order valence-electron chi connectivity index (χ1n) is 12.1. The van der Waals surface area contributed by atoms with Gasteiger partial charge in [-0.05, 0) is 36.2 Å². The van der Waals surface area contributed by atoms with Gasteiger partial charge in [-0.25, -0.2) is 9.18 Å². The van der Waals surface area contributed by atoms with Gasteiger partial charge in [0.05, 0.1) is 18.0 Å². The molecular formula is C29H28FN3O4. The molecule has 0 radical (unpaired) electrons. The summed E-state index contributed by atoms with van der Waals surface area (Å²) in [5.41, 5.74) is 2.52. The van der Waals surface area contributed by atoms with Gasteiger partial charge in [0.15, 0.2) is 11.6 Å². The molecular weight excluding hydrogens is 473 g/mol. The van der Waals surface area contributed by atoms with Gasteiger partial charge in [-0.3, -0.25) is 4.79 Å². The van der Waals surface area contributed by atoms with Gasteiger partial charge in [-0.2, -0.15) is 0 Å². The number of anilines is 1. The van der Waals surface area contributed by atoms with Crippen molar-refractivity contribution in [2.24, 2.45) is 0 Å². The van der Waals surface area contributed by atoms with E-state index in [4.69, 9.17) is 4.74 Å². The number of nitrogens with zero attached hydrogens (tertiary/aromatic N) is 2. The van der Waals surface area contributed by atoms with Gasteiger partial charge in [0, 0.05) is 31.9 Å². The van der Waals surface area contributed by atoms with E-state index in [1.165, 1.54) is 13.3 Å². The van der Waals surface area contributed by atoms with Crippen molar-refractivity contribution in [3.8, 4) is 16.9 Å². The summed E-state index contributed by atoms with van der Waals surface area (Å²) >= 11 is 0. The van der Waals surface area contributed by atoms with E-state index in [0.29, 0.717) is 18.6 Å². The minimum absolute atomic E-state index is 0.0248. The van der Waals surface area contributed by atoms with Crippen molar-refractivity contribution < 1.29 is 19.0 Å². The fourth-order valence-electron chi connectivity index (χ4n) is 5.08. The second kappa shape index (κ2) is 10.1. The minimum atomic E-state index is -1.36. The second-order valence-electron chi connectivity index (χ2n) is 9.22. The summed E-state index contributed by atoms with van der Waals surface area (Å²) in [6.45, 7) is 1.49. The average molecular weight is 502 g/mol. The predicted octanol–water partition coefficient (Wildman–Crippen LogP) is 4.36. The molecule has 1 fully saturated rings. The normalized spacial score (nSPS) is 15.3. The zero-order valence-electron chi connectivity index (χ0n) is 20.7. The van der Waals surface area contributed by atoms with E-state index in [1.54, 1.807) is 4.57 Å². The molecule has 1 aliphatic heterocycles. The smallest absolute Gasteiger partial charge is 0.341 e. The monoisotopic (exact) mass is 501 g/mol. The van der Waals surface area contributed by atoms with E-state index in [9.17, 15) is 14.7 Å². The molecule has 2 N–H and O–H groups in total. The summed E-state index contributed by atoms with van der Waals surface area (Å²) in [6, 6.07) is 19.2. The number of aromatic carboxylic acids is 1. The molecule has 7 nitrogen and oxygen atoms in total. The molecule has 37 heavy (non-hydrogen) atoms. The molecule has 0 spiro atoms. The predicted molar refractivity (Wildman–Crippen MR) is 142 cm³/mol. The summed E-state index contributed by atoms with van der Waals surface area (Å²) < 4.78 is 22.9. The van der Waals surface area contributed by atoms with Crippen molar-refractivity contribution in [3.05, 3.63) is 94.0 Å². The maximum atomic E-state index is 15.5. The highest BCUT2D eigenvalue weighted by Gasteiger charge is 2.29. The summed E-state index contributed by atoms with van der Waals surface area (Å²) in [6.07, 6.45) is 2.17. The summed E-state index contributed by atoms with van der Waals surface area (Å²) in [4.78, 5) is 26.9. The fraction of sp³-hybridized carbons (Fsp3) is 0.241. The Balaban J connectivity index is 1.65. The van der Waals surface area contributed by atoms with Gasteiger partial charge < -0.3 is 24.6 Å². The minimum Gasteiger partial charge on any atom is -0.492 e. The van der Waals surface area contributed by atoms with Crippen LogP contribution in [0.1, 0.15) is 22.3 Å². The number of nitrogens with one attached hydrogen (secondary N) is 1. The first-order chi connectivity index (χ1) is 17.9. The number of methoxy groups -OCH3 is 1. The molecule has 4 aromatic rings. The molecule has 0 amide bonds. The van der Waals surface area contributed by atoms with Gasteiger partial charge >= 0.3 is 5.97 Å². The number of rotatable bonds is 7. The number of aromatic nitrogens is 1. The highest BCUT2D eigenvalue weighted by Crippen LogP contribution is 2.39. The van der Waals surface area contributed by atoms with E-state index in [-0.39, 0.29) is 29.4 Å². The first kappa shape index (κ1) is 24.5. The van der Waals surface area contributed by atoms with E-state index in [1.807, 2.05) is 66.5 Å². The van der Waals surface area contributed by atoms with Crippen LogP contribution in [0.25, 0.3) is 22.0 Å². The third kappa shape index (κ3) is 4.56. The van der Waals surface area contributed by atoms with Crippen LogP contribution in [0.4, 0.5) is 10.1 Å². The quantitative estimate of drug-likeness (QED) is 0.392. The van der Waals surface area contributed by atoms with Crippen LogP contribution in [0, 0.1) is 5.82 Å². The molecule has 0 bridgehead atoms. The van der Waals surface area contributed by atoms with Gasteiger partial charge in [0.25, 0.3) is 0 Å². The number of carboxylic acids is 1. The van der Waals surface area contributed by atoms with Crippen molar-refractivity contribution in [2.75, 3.05) is 32.1 Å². The second-order valence-corrected chi connectivity index (χ2v) is 9.22. The number of carboxylic acid groups (broad SMARTS) is 1. The van der Waals surface area contributed by atoms with Gasteiger partial charge in [0.1, 0.15) is 11.3 Å². The van der Waals surface area contributed by atoms with Crippen LogP contribution in [0.15, 0.2) is 71.7 Å². The summed E-state index contributed by atoms with van der Waals surface area (Å²) in [7, 11) is 3.31. The number of carbonyl (C=O) groups is 1. The molecule has 0 saturated carbocycles. The first-order valence-corrected chi connectivity index (χ1v) is 12.1. The Bertz CT molecular complexity index is 1520. The molecule has 5 rings (SSSR count). The Hall–Kier alpha value is -4.17. The number of fused-ring (bicyclic) bond motifs is 1. The molecule has 1 aliphatic rings. The number of benzene rings is 3. The van der Waals surface area contributed by atoms with Crippen molar-refractivity contribution in [3.63, 3.8) is 0 Å². The molecule has 2 heterocycles. The SMILES string of the molecule is CNC1CCN(c2c(F)cc3c(=O)c(C(=O)O)cn(Cc4ccc(-c5ccccc5)cc4)c3c2OC)C1. The number of ether oxygens (including phenoxy) is 1. The lowest BCUT2D eigenvalue weighted by Gasteiger charge is -2.25. The van der Waals surface area contributed by atoms with E-state index < -0.39 is 22.8 Å². The Morgan fingerprint density at radius 1 is 1.14 bits per heavy atom. The van der Waals surface area contributed by atoms with Crippen molar-refractivity contribution in [1.82, 2.24) is 9.88 Å². The van der Waals surface area contributed by atoms with Crippen molar-refractivity contribution in [1.29, 1.82) is 0 Å². The fourth-order valence-corrected chi connectivity index (χ4v) is 5.08. The number of hydrogen-bond acceptors (Lipinski definition) is 5. The molecule has 0 aliphatic carbocycles. The lowest BCUT2D eigenvalue weighted by Crippen LogP contribution is -2.30. The standard InChI is InChI=1S/C29H28FN3O4/c1-31-21-12-13-32(16-21)26-24(30)14-22-25(28(26)37-2)33(17-23(27(22)34)29(35)36)15-18-8-10-20(11-9-18)19-6-4-3-5-7-19/h3-11,14,17,21,31H,12-13,15-16H2,1-2H3,(H,35,36). The Morgan fingerprint density at radius 2 is 1.84 bits per heavy atom. The maximum absolute atomic E-state index is 15.5. The third-order valence-electron chi connectivity index (χ3n) is 7.01. The van der Waals surface area contributed by atoms with Gasteiger partial charge in [-0.1, -0.05) is 54.6 Å². The van der Waals surface area contributed by atoms with Crippen LogP contribution in [-0.4, -0.2) is 48.9 Å². The summed E-state index contributed by atoms with van der Waals surface area (Å²) in [5.74, 6) is -1.75. The number of likely N-dealkylation sites (N-methyl/N-ethyl adjacent to an activating group) is 1. The van der Waals surface area contributed by atoms with Crippen LogP contribution < -0.4 is 20.4 Å². The molecule has 1 saturated heterocycles. The lowest BCUT2D eigenvalue weighted by atomic mass is 10.0. The van der Waals surface area contributed by atoms with E-state index in [0.717, 1.165) is 29.2 Å². The van der Waals surface area contributed by atoms with Crippen molar-refractivity contribution >= 4 is 22.6 Å². The Kier molecular flexibility index (Phi) is 6.67. The third-order valence-corrected chi connectivity index (χ3v) is 7.01. The van der Waals surface area contributed by atoms with E-state index in [2.05, 4.69) is 5.32 Å².